The van der Waals surface area contributed by atoms with Gasteiger partial charge >= 0.3 is 0 Å². The summed E-state index contributed by atoms with van der Waals surface area (Å²) in [6.45, 7) is 2.17. The van der Waals surface area contributed by atoms with E-state index in [0.717, 1.165) is 35.2 Å². The highest BCUT2D eigenvalue weighted by molar-refractivity contribution is 7.13. The average molecular weight is 450 g/mol. The smallest absolute Gasteiger partial charge is 0.258 e. The topological polar surface area (TPSA) is 100 Å². The zero-order valence-electron chi connectivity index (χ0n) is 17.6. The SMILES string of the molecule is CN1CC[C@@](O)(c2cccc(-c3nc(-c4ccnc(NC5[C@H]6COC[C@@H]56)n4)cs3)c2)C1=O. The molecule has 0 radical (unpaired) electrons. The predicted molar refractivity (Wildman–Crippen MR) is 120 cm³/mol. The molecule has 2 N–H and O–H groups in total. The van der Waals surface area contributed by atoms with Gasteiger partial charge in [0.05, 0.1) is 18.9 Å². The van der Waals surface area contributed by atoms with Gasteiger partial charge in [0.1, 0.15) is 10.7 Å². The number of likely N-dealkylation sites (tertiary alicyclic amines) is 1. The van der Waals surface area contributed by atoms with E-state index in [2.05, 4.69) is 15.3 Å². The molecule has 3 aromatic rings. The maximum Gasteiger partial charge on any atom is 0.258 e. The van der Waals surface area contributed by atoms with Crippen molar-refractivity contribution < 1.29 is 14.6 Å². The fraction of sp³-hybridized carbons (Fsp3) is 0.391. The second-order valence-electron chi connectivity index (χ2n) is 8.76. The zero-order valence-corrected chi connectivity index (χ0v) is 18.4. The van der Waals surface area contributed by atoms with Crippen molar-refractivity contribution in [1.82, 2.24) is 19.9 Å². The number of ether oxygens (including phenoxy) is 1. The Morgan fingerprint density at radius 1 is 1.22 bits per heavy atom. The molecule has 4 atom stereocenters. The summed E-state index contributed by atoms with van der Waals surface area (Å²) < 4.78 is 5.44. The molecule has 9 heteroatoms. The average Bonchev–Trinajstić information content (AvgIpc) is 3.27. The van der Waals surface area contributed by atoms with Crippen LogP contribution in [0.25, 0.3) is 22.0 Å². The van der Waals surface area contributed by atoms with Gasteiger partial charge in [-0.25, -0.2) is 15.0 Å². The fourth-order valence-corrected chi connectivity index (χ4v) is 5.54. The van der Waals surface area contributed by atoms with Crippen molar-refractivity contribution in [2.75, 3.05) is 32.1 Å². The molecule has 3 aliphatic rings. The molecule has 1 saturated carbocycles. The molecule has 1 amide bonds. The van der Waals surface area contributed by atoms with Gasteiger partial charge in [0.2, 0.25) is 5.95 Å². The molecule has 2 saturated heterocycles. The predicted octanol–water partition coefficient (Wildman–Crippen LogP) is 2.37. The van der Waals surface area contributed by atoms with Crippen LogP contribution in [0.2, 0.25) is 0 Å². The standard InChI is InChI=1S/C23H23N5O3S/c1-28-8-6-23(30,21(28)29)14-4-2-3-13(9-14)20-25-18(12-32-20)17-5-7-24-22(26-17)27-19-15-10-31-11-16(15)19/h2-5,7,9,12,15-16,19,30H,6,8,10-11H2,1H3,(H,24,26,27)/t15-,16+,19?,23-/m1/s1. The Labute approximate surface area is 189 Å². The first-order chi connectivity index (χ1) is 15.5. The van der Waals surface area contributed by atoms with Crippen molar-refractivity contribution in [3.05, 3.63) is 47.5 Å². The molecular formula is C23H23N5O3S. The van der Waals surface area contributed by atoms with Crippen molar-refractivity contribution in [3.8, 4) is 22.0 Å². The van der Waals surface area contributed by atoms with E-state index >= 15 is 0 Å². The van der Waals surface area contributed by atoms with Crippen LogP contribution in [0.3, 0.4) is 0 Å². The number of anilines is 1. The van der Waals surface area contributed by atoms with Crippen LogP contribution in [0.1, 0.15) is 12.0 Å². The lowest BCUT2D eigenvalue weighted by atomic mass is 9.91. The third-order valence-electron chi connectivity index (χ3n) is 6.77. The minimum absolute atomic E-state index is 0.262. The number of aromatic nitrogens is 3. The molecule has 164 valence electrons. The molecular weight excluding hydrogens is 426 g/mol. The number of carbonyl (C=O) groups excluding carboxylic acids is 1. The van der Waals surface area contributed by atoms with Crippen LogP contribution in [0.15, 0.2) is 41.9 Å². The Balaban J connectivity index is 1.24. The number of likely N-dealkylation sites (N-methyl/N-ethyl adjacent to an activating group) is 1. The summed E-state index contributed by atoms with van der Waals surface area (Å²) in [7, 11) is 1.71. The van der Waals surface area contributed by atoms with E-state index < -0.39 is 5.60 Å². The summed E-state index contributed by atoms with van der Waals surface area (Å²) in [6, 6.07) is 9.72. The number of amides is 1. The van der Waals surface area contributed by atoms with Crippen molar-refractivity contribution in [1.29, 1.82) is 0 Å². The molecule has 0 bridgehead atoms. The number of thiazole rings is 1. The first-order valence-electron chi connectivity index (χ1n) is 10.7. The van der Waals surface area contributed by atoms with Crippen LogP contribution >= 0.6 is 11.3 Å². The van der Waals surface area contributed by atoms with Gasteiger partial charge in [0.25, 0.3) is 5.91 Å². The lowest BCUT2D eigenvalue weighted by molar-refractivity contribution is -0.143. The van der Waals surface area contributed by atoms with Crippen LogP contribution in [0.4, 0.5) is 5.95 Å². The molecule has 6 rings (SSSR count). The molecule has 1 aliphatic carbocycles. The first kappa shape index (κ1) is 19.8. The first-order valence-corrected chi connectivity index (χ1v) is 11.6. The number of nitrogens with one attached hydrogen (secondary N) is 1. The van der Waals surface area contributed by atoms with Gasteiger partial charge in [-0.2, -0.15) is 0 Å². The van der Waals surface area contributed by atoms with Crippen molar-refractivity contribution in [3.63, 3.8) is 0 Å². The largest absolute Gasteiger partial charge is 0.381 e. The van der Waals surface area contributed by atoms with Crippen molar-refractivity contribution in [2.45, 2.75) is 18.1 Å². The number of benzene rings is 1. The summed E-state index contributed by atoms with van der Waals surface area (Å²) in [5, 5.41) is 17.2. The van der Waals surface area contributed by atoms with E-state index in [9.17, 15) is 9.90 Å². The van der Waals surface area contributed by atoms with Gasteiger partial charge < -0.3 is 20.1 Å². The summed E-state index contributed by atoms with van der Waals surface area (Å²) in [5.74, 6) is 1.50. The Hall–Kier alpha value is -2.88. The van der Waals surface area contributed by atoms with Gasteiger partial charge in [-0.1, -0.05) is 18.2 Å². The molecule has 32 heavy (non-hydrogen) atoms. The van der Waals surface area contributed by atoms with E-state index in [4.69, 9.17) is 9.72 Å². The second-order valence-corrected chi connectivity index (χ2v) is 9.61. The van der Waals surface area contributed by atoms with Gasteiger partial charge in [0, 0.05) is 55.0 Å². The van der Waals surface area contributed by atoms with Crippen LogP contribution in [0.5, 0.6) is 0 Å². The number of hydrogen-bond donors (Lipinski definition) is 2. The molecule has 3 fully saturated rings. The van der Waals surface area contributed by atoms with Crippen LogP contribution in [0, 0.1) is 11.8 Å². The van der Waals surface area contributed by atoms with E-state index in [1.165, 1.54) is 11.3 Å². The molecule has 2 aromatic heterocycles. The zero-order chi connectivity index (χ0) is 21.9. The van der Waals surface area contributed by atoms with E-state index in [1.807, 2.05) is 29.6 Å². The molecule has 2 aliphatic heterocycles. The fourth-order valence-electron chi connectivity index (χ4n) is 4.73. The maximum atomic E-state index is 12.5. The second kappa shape index (κ2) is 7.33. The molecule has 1 unspecified atom stereocenters. The third-order valence-corrected chi connectivity index (χ3v) is 7.66. The molecule has 4 heterocycles. The maximum absolute atomic E-state index is 12.5. The highest BCUT2D eigenvalue weighted by Crippen LogP contribution is 2.45. The van der Waals surface area contributed by atoms with Crippen molar-refractivity contribution in [2.24, 2.45) is 11.8 Å². The van der Waals surface area contributed by atoms with E-state index in [-0.39, 0.29) is 5.91 Å². The lowest BCUT2D eigenvalue weighted by Crippen LogP contribution is -2.36. The minimum atomic E-state index is -1.47. The Kier molecular flexibility index (Phi) is 4.53. The summed E-state index contributed by atoms with van der Waals surface area (Å²) in [4.78, 5) is 27.8. The lowest BCUT2D eigenvalue weighted by Gasteiger charge is -2.21. The van der Waals surface area contributed by atoms with Crippen molar-refractivity contribution >= 4 is 23.2 Å². The van der Waals surface area contributed by atoms with Crippen LogP contribution < -0.4 is 5.32 Å². The number of hydrogen-bond acceptors (Lipinski definition) is 8. The highest BCUT2D eigenvalue weighted by Gasteiger charge is 2.54. The summed E-state index contributed by atoms with van der Waals surface area (Å²) >= 11 is 1.51. The number of nitrogens with zero attached hydrogens (tertiary/aromatic N) is 4. The summed E-state index contributed by atoms with van der Waals surface area (Å²) in [6.07, 6.45) is 2.14. The molecule has 0 spiro atoms. The van der Waals surface area contributed by atoms with Gasteiger partial charge in [-0.05, 0) is 17.7 Å². The van der Waals surface area contributed by atoms with E-state index in [0.29, 0.717) is 42.4 Å². The Bertz CT molecular complexity index is 1190. The van der Waals surface area contributed by atoms with Gasteiger partial charge in [-0.15, -0.1) is 11.3 Å². The Morgan fingerprint density at radius 2 is 2.06 bits per heavy atom. The van der Waals surface area contributed by atoms with Crippen LogP contribution in [-0.4, -0.2) is 63.7 Å². The minimum Gasteiger partial charge on any atom is -0.381 e. The number of aliphatic hydroxyl groups is 1. The summed E-state index contributed by atoms with van der Waals surface area (Å²) in [5.41, 5.74) is 1.54. The monoisotopic (exact) mass is 449 g/mol. The Morgan fingerprint density at radius 3 is 2.84 bits per heavy atom. The third kappa shape index (κ3) is 3.19. The van der Waals surface area contributed by atoms with Gasteiger partial charge in [-0.3, -0.25) is 4.79 Å². The molecule has 1 aromatic carbocycles. The number of carbonyl (C=O) groups is 1. The highest BCUT2D eigenvalue weighted by atomic mass is 32.1. The normalized spacial score (nSPS) is 28.8. The number of fused-ring (bicyclic) bond motifs is 1. The number of rotatable bonds is 5. The van der Waals surface area contributed by atoms with E-state index in [1.54, 1.807) is 24.2 Å². The van der Waals surface area contributed by atoms with Crippen LogP contribution in [-0.2, 0) is 15.1 Å². The van der Waals surface area contributed by atoms with Gasteiger partial charge in [0.15, 0.2) is 5.60 Å². The quantitative estimate of drug-likeness (QED) is 0.617. The molecule has 8 nitrogen and oxygen atoms in total.